The number of benzene rings is 7. The van der Waals surface area contributed by atoms with Gasteiger partial charge in [-0.15, -0.1) is 0 Å². The van der Waals surface area contributed by atoms with Gasteiger partial charge in [-0.3, -0.25) is 4.98 Å². The first-order valence-corrected chi connectivity index (χ1v) is 16.6. The molecule has 0 atom stereocenters. The van der Waals surface area contributed by atoms with Crippen LogP contribution < -0.4 is 26.2 Å². The number of fused-ring (bicyclic) bond motifs is 8. The summed E-state index contributed by atoms with van der Waals surface area (Å²) < 4.78 is 0. The van der Waals surface area contributed by atoms with Gasteiger partial charge in [0, 0.05) is 50.2 Å². The topological polar surface area (TPSA) is 19.4 Å². The predicted molar refractivity (Wildman–Crippen MR) is 203 cm³/mol. The Morgan fingerprint density at radius 3 is 1.60 bits per heavy atom. The highest BCUT2D eigenvalue weighted by Crippen LogP contribution is 2.53. The lowest BCUT2D eigenvalue weighted by atomic mass is 9.33. The second-order valence-corrected chi connectivity index (χ2v) is 12.7. The average molecular weight is 612 g/mol. The van der Waals surface area contributed by atoms with Crippen molar-refractivity contribution < 1.29 is 0 Å². The zero-order chi connectivity index (χ0) is 31.8. The number of rotatable bonds is 3. The molecule has 2 aliphatic rings. The van der Waals surface area contributed by atoms with Crippen molar-refractivity contribution in [3.8, 4) is 11.1 Å². The average Bonchev–Trinajstić information content (AvgIpc) is 3.15. The molecular formula is C44H30BN3. The third-order valence-electron chi connectivity index (χ3n) is 10.1. The normalized spacial score (nSPS) is 13.0. The van der Waals surface area contributed by atoms with Gasteiger partial charge in [0.15, 0.2) is 0 Å². The molecule has 10 rings (SSSR count). The molecule has 2 aliphatic heterocycles. The van der Waals surface area contributed by atoms with Crippen molar-refractivity contribution in [2.45, 2.75) is 6.92 Å². The van der Waals surface area contributed by atoms with Crippen LogP contribution in [0.2, 0.25) is 0 Å². The van der Waals surface area contributed by atoms with E-state index in [-0.39, 0.29) is 6.71 Å². The Kier molecular flexibility index (Phi) is 5.88. The first-order valence-electron chi connectivity index (χ1n) is 16.6. The lowest BCUT2D eigenvalue weighted by molar-refractivity contribution is 1.24. The van der Waals surface area contributed by atoms with Crippen LogP contribution in [0.5, 0.6) is 0 Å². The quantitative estimate of drug-likeness (QED) is 0.147. The first-order chi connectivity index (χ1) is 23.8. The predicted octanol–water partition coefficient (Wildman–Crippen LogP) is 9.45. The molecule has 0 saturated carbocycles. The highest BCUT2D eigenvalue weighted by Gasteiger charge is 2.46. The second-order valence-electron chi connectivity index (χ2n) is 12.7. The van der Waals surface area contributed by atoms with E-state index in [1.165, 1.54) is 61.0 Å². The Morgan fingerprint density at radius 1 is 0.479 bits per heavy atom. The van der Waals surface area contributed by atoms with Crippen molar-refractivity contribution in [2.75, 3.05) is 9.80 Å². The van der Waals surface area contributed by atoms with E-state index in [1.54, 1.807) is 0 Å². The number of para-hydroxylation sites is 5. The molecule has 0 amide bonds. The Bertz CT molecular complexity index is 2520. The summed E-state index contributed by atoms with van der Waals surface area (Å²) in [4.78, 5) is 10.3. The number of anilines is 6. The molecule has 0 spiro atoms. The van der Waals surface area contributed by atoms with Gasteiger partial charge < -0.3 is 9.80 Å². The number of aromatic nitrogens is 1. The molecule has 8 aromatic rings. The number of nitrogens with zero attached hydrogens (tertiary/aromatic N) is 3. The summed E-state index contributed by atoms with van der Waals surface area (Å²) >= 11 is 0. The Balaban J connectivity index is 1.52. The zero-order valence-electron chi connectivity index (χ0n) is 26.5. The third-order valence-corrected chi connectivity index (χ3v) is 10.1. The summed E-state index contributed by atoms with van der Waals surface area (Å²) in [6.45, 7) is 2.22. The van der Waals surface area contributed by atoms with Gasteiger partial charge in [-0.2, -0.15) is 0 Å². The van der Waals surface area contributed by atoms with E-state index >= 15 is 0 Å². The van der Waals surface area contributed by atoms with Gasteiger partial charge in [-0.1, -0.05) is 121 Å². The van der Waals surface area contributed by atoms with E-state index in [0.29, 0.717) is 0 Å². The molecule has 0 radical (unpaired) electrons. The van der Waals surface area contributed by atoms with Gasteiger partial charge in [0.1, 0.15) is 0 Å². The number of hydrogen-bond donors (Lipinski definition) is 0. The standard InChI is InChI=1S/C44H30BN3/c1-29-39-41(33-23-11-14-26-36(33)46-29)40(30-17-5-2-6-18-30)44-42-43(39)47(31-19-7-3-8-20-31)37-27-15-12-24-34(37)45(42)35-25-13-16-28-38(35)48(44)32-21-9-4-10-22-32/h2-28H,1H3. The van der Waals surface area contributed by atoms with Crippen LogP contribution in [0.25, 0.3) is 32.8 Å². The van der Waals surface area contributed by atoms with Gasteiger partial charge >= 0.3 is 0 Å². The monoisotopic (exact) mass is 611 g/mol. The van der Waals surface area contributed by atoms with E-state index in [4.69, 9.17) is 4.98 Å². The molecule has 224 valence electrons. The summed E-state index contributed by atoms with van der Waals surface area (Å²) in [7, 11) is 0. The van der Waals surface area contributed by atoms with E-state index < -0.39 is 0 Å². The molecule has 3 heterocycles. The van der Waals surface area contributed by atoms with E-state index in [1.807, 2.05) is 0 Å². The first kappa shape index (κ1) is 27.0. The summed E-state index contributed by atoms with van der Waals surface area (Å²) in [5.74, 6) is 0. The van der Waals surface area contributed by atoms with Crippen molar-refractivity contribution in [1.29, 1.82) is 0 Å². The number of hydrogen-bond acceptors (Lipinski definition) is 3. The van der Waals surface area contributed by atoms with Crippen LogP contribution >= 0.6 is 0 Å². The minimum Gasteiger partial charge on any atom is -0.311 e. The minimum atomic E-state index is 0.0278. The molecule has 0 aliphatic carbocycles. The molecule has 0 unspecified atom stereocenters. The van der Waals surface area contributed by atoms with Gasteiger partial charge in [0.05, 0.1) is 16.9 Å². The molecular weight excluding hydrogens is 581 g/mol. The van der Waals surface area contributed by atoms with Crippen LogP contribution in [0.1, 0.15) is 5.69 Å². The van der Waals surface area contributed by atoms with E-state index in [0.717, 1.165) is 28.0 Å². The highest BCUT2D eigenvalue weighted by atomic mass is 15.2. The molecule has 0 bridgehead atoms. The summed E-state index contributed by atoms with van der Waals surface area (Å²) in [6.07, 6.45) is 0. The van der Waals surface area contributed by atoms with E-state index in [9.17, 15) is 0 Å². The van der Waals surface area contributed by atoms with Gasteiger partial charge in [0.2, 0.25) is 0 Å². The molecule has 0 fully saturated rings. The third kappa shape index (κ3) is 3.74. The lowest BCUT2D eigenvalue weighted by Gasteiger charge is -2.46. The summed E-state index contributed by atoms with van der Waals surface area (Å²) in [5, 5.41) is 3.59. The Hall–Kier alpha value is -6.13. The van der Waals surface area contributed by atoms with Crippen LogP contribution in [0.4, 0.5) is 34.1 Å². The molecule has 0 N–H and O–H groups in total. The van der Waals surface area contributed by atoms with Crippen molar-refractivity contribution in [3.63, 3.8) is 0 Å². The molecule has 7 aromatic carbocycles. The molecule has 0 saturated heterocycles. The molecule has 48 heavy (non-hydrogen) atoms. The maximum atomic E-state index is 5.31. The number of pyridine rings is 1. The highest BCUT2D eigenvalue weighted by molar-refractivity contribution is 7.00. The van der Waals surface area contributed by atoms with Crippen molar-refractivity contribution in [3.05, 3.63) is 169 Å². The SMILES string of the molecule is Cc1nc2ccccc2c2c(-c3ccccc3)c3c4c(c12)N(c1ccccc1)c1ccccc1B4c1ccccc1N3c1ccccc1. The fourth-order valence-corrected chi connectivity index (χ4v) is 8.29. The molecule has 3 nitrogen and oxygen atoms in total. The number of aryl methyl sites for hydroxylation is 1. The fourth-order valence-electron chi connectivity index (χ4n) is 8.29. The smallest absolute Gasteiger partial charge is 0.252 e. The van der Waals surface area contributed by atoms with Crippen LogP contribution in [-0.4, -0.2) is 11.7 Å². The van der Waals surface area contributed by atoms with Crippen molar-refractivity contribution in [1.82, 2.24) is 4.98 Å². The molecule has 4 heteroatoms. The zero-order valence-corrected chi connectivity index (χ0v) is 26.5. The Morgan fingerprint density at radius 2 is 0.979 bits per heavy atom. The largest absolute Gasteiger partial charge is 0.311 e. The van der Waals surface area contributed by atoms with E-state index in [2.05, 4.69) is 181 Å². The van der Waals surface area contributed by atoms with Gasteiger partial charge in [0.25, 0.3) is 6.71 Å². The van der Waals surface area contributed by atoms with Crippen LogP contribution in [-0.2, 0) is 0 Å². The molecule has 1 aromatic heterocycles. The fraction of sp³-hybridized carbons (Fsp3) is 0.0227. The Labute approximate surface area is 280 Å². The maximum absolute atomic E-state index is 5.31. The van der Waals surface area contributed by atoms with Crippen molar-refractivity contribution in [2.24, 2.45) is 0 Å². The maximum Gasteiger partial charge on any atom is 0.252 e. The van der Waals surface area contributed by atoms with Crippen LogP contribution in [0.3, 0.4) is 0 Å². The summed E-state index contributed by atoms with van der Waals surface area (Å²) in [6, 6.07) is 59.3. The lowest BCUT2D eigenvalue weighted by Crippen LogP contribution is -2.61. The minimum absolute atomic E-state index is 0.0278. The van der Waals surface area contributed by atoms with Crippen molar-refractivity contribution >= 4 is 78.9 Å². The van der Waals surface area contributed by atoms with Gasteiger partial charge in [-0.05, 0) is 71.3 Å². The second kappa shape index (κ2) is 10.4. The van der Waals surface area contributed by atoms with Crippen LogP contribution in [0, 0.1) is 6.92 Å². The summed E-state index contributed by atoms with van der Waals surface area (Å²) in [5.41, 5.74) is 15.5. The van der Waals surface area contributed by atoms with Gasteiger partial charge in [-0.25, -0.2) is 0 Å². The van der Waals surface area contributed by atoms with Crippen LogP contribution in [0.15, 0.2) is 164 Å².